The Labute approximate surface area is 193 Å². The number of ether oxygens (including phenoxy) is 2. The molecule has 1 saturated heterocycles. The van der Waals surface area contributed by atoms with Gasteiger partial charge in [0.1, 0.15) is 16.9 Å². The molecule has 2 N–H and O–H groups in total. The standard InChI is InChI=1S/C24H33N3O6/c1-24(2,3)33-23(30)26-10-9-25-22(29)16-6-5-11-27(14-16)15-17-12-21(28)32-20-13-18(31-4)7-8-19(17)20/h7-8,12-13,16H,5-6,9-11,14-15H2,1-4H3,(H,25,29)(H,26,30). The third-order valence-corrected chi connectivity index (χ3v) is 5.40. The van der Waals surface area contributed by atoms with Crippen molar-refractivity contribution in [3.05, 3.63) is 40.2 Å². The first-order valence-electron chi connectivity index (χ1n) is 11.2. The smallest absolute Gasteiger partial charge is 0.407 e. The number of hydrogen-bond acceptors (Lipinski definition) is 7. The van der Waals surface area contributed by atoms with Gasteiger partial charge in [0.2, 0.25) is 5.91 Å². The van der Waals surface area contributed by atoms with Gasteiger partial charge in [-0.3, -0.25) is 9.69 Å². The Morgan fingerprint density at radius 2 is 1.94 bits per heavy atom. The molecule has 0 bridgehead atoms. The van der Waals surface area contributed by atoms with Gasteiger partial charge in [0.05, 0.1) is 13.0 Å². The Kier molecular flexibility index (Phi) is 7.97. The van der Waals surface area contributed by atoms with E-state index in [0.717, 1.165) is 30.3 Å². The Morgan fingerprint density at radius 3 is 2.67 bits per heavy atom. The lowest BCUT2D eigenvalue weighted by molar-refractivity contribution is -0.126. The van der Waals surface area contributed by atoms with E-state index in [1.54, 1.807) is 33.9 Å². The normalized spacial score (nSPS) is 16.9. The second-order valence-corrected chi connectivity index (χ2v) is 9.25. The van der Waals surface area contributed by atoms with Gasteiger partial charge >= 0.3 is 11.7 Å². The molecule has 33 heavy (non-hydrogen) atoms. The number of fused-ring (bicyclic) bond motifs is 1. The fourth-order valence-corrected chi connectivity index (χ4v) is 3.93. The summed E-state index contributed by atoms with van der Waals surface area (Å²) in [6.45, 7) is 8.03. The van der Waals surface area contributed by atoms with E-state index in [1.165, 1.54) is 6.07 Å². The van der Waals surface area contributed by atoms with E-state index >= 15 is 0 Å². The van der Waals surface area contributed by atoms with Crippen molar-refractivity contribution < 1.29 is 23.5 Å². The number of carbonyl (C=O) groups is 2. The molecular formula is C24H33N3O6. The monoisotopic (exact) mass is 459 g/mol. The average molecular weight is 460 g/mol. The maximum atomic E-state index is 12.6. The maximum Gasteiger partial charge on any atom is 0.407 e. The zero-order valence-corrected chi connectivity index (χ0v) is 19.7. The van der Waals surface area contributed by atoms with Crippen molar-refractivity contribution in [2.24, 2.45) is 5.92 Å². The summed E-state index contributed by atoms with van der Waals surface area (Å²) in [5.41, 5.74) is 0.386. The fourth-order valence-electron chi connectivity index (χ4n) is 3.93. The Morgan fingerprint density at radius 1 is 1.18 bits per heavy atom. The quantitative estimate of drug-likeness (QED) is 0.484. The van der Waals surface area contributed by atoms with Crippen LogP contribution in [-0.2, 0) is 16.1 Å². The largest absolute Gasteiger partial charge is 0.497 e. The molecule has 1 aromatic heterocycles. The number of carbonyl (C=O) groups excluding carboxylic acids is 2. The summed E-state index contributed by atoms with van der Waals surface area (Å²) in [4.78, 5) is 38.6. The first-order chi connectivity index (χ1) is 15.6. The van der Waals surface area contributed by atoms with Crippen molar-refractivity contribution in [1.29, 1.82) is 0 Å². The maximum absolute atomic E-state index is 12.6. The molecule has 0 spiro atoms. The van der Waals surface area contributed by atoms with Gasteiger partial charge in [-0.05, 0) is 57.9 Å². The van der Waals surface area contributed by atoms with Gasteiger partial charge in [-0.15, -0.1) is 0 Å². The number of benzene rings is 1. The molecule has 1 aliphatic heterocycles. The van der Waals surface area contributed by atoms with Crippen LogP contribution >= 0.6 is 0 Å². The van der Waals surface area contributed by atoms with Crippen molar-refractivity contribution >= 4 is 23.0 Å². The van der Waals surface area contributed by atoms with Crippen molar-refractivity contribution in [3.63, 3.8) is 0 Å². The third-order valence-electron chi connectivity index (χ3n) is 5.40. The van der Waals surface area contributed by atoms with Gasteiger partial charge < -0.3 is 24.5 Å². The number of methoxy groups -OCH3 is 1. The predicted molar refractivity (Wildman–Crippen MR) is 124 cm³/mol. The van der Waals surface area contributed by atoms with E-state index in [0.29, 0.717) is 37.5 Å². The minimum atomic E-state index is -0.560. The number of alkyl carbamates (subject to hydrolysis) is 1. The molecule has 1 unspecified atom stereocenters. The lowest BCUT2D eigenvalue weighted by atomic mass is 9.96. The van der Waals surface area contributed by atoms with Crippen LogP contribution in [0.2, 0.25) is 0 Å². The van der Waals surface area contributed by atoms with Crippen molar-refractivity contribution in [2.75, 3.05) is 33.3 Å². The van der Waals surface area contributed by atoms with E-state index in [1.807, 2.05) is 12.1 Å². The summed E-state index contributed by atoms with van der Waals surface area (Å²) in [6.07, 6.45) is 1.19. The van der Waals surface area contributed by atoms with Gasteiger partial charge in [-0.2, -0.15) is 0 Å². The summed E-state index contributed by atoms with van der Waals surface area (Å²) in [5, 5.41) is 6.38. The highest BCUT2D eigenvalue weighted by molar-refractivity contribution is 5.81. The van der Waals surface area contributed by atoms with Crippen molar-refractivity contribution in [1.82, 2.24) is 15.5 Å². The number of hydrogen-bond donors (Lipinski definition) is 2. The highest BCUT2D eigenvalue weighted by Crippen LogP contribution is 2.25. The molecule has 1 fully saturated rings. The van der Waals surface area contributed by atoms with E-state index in [9.17, 15) is 14.4 Å². The molecule has 2 heterocycles. The van der Waals surface area contributed by atoms with Crippen LogP contribution < -0.4 is 21.0 Å². The van der Waals surface area contributed by atoms with Crippen molar-refractivity contribution in [2.45, 2.75) is 45.8 Å². The zero-order valence-electron chi connectivity index (χ0n) is 19.7. The zero-order chi connectivity index (χ0) is 24.0. The van der Waals surface area contributed by atoms with Crippen LogP contribution in [0.1, 0.15) is 39.2 Å². The number of amides is 2. The van der Waals surface area contributed by atoms with Gasteiger partial charge in [0, 0.05) is 43.7 Å². The molecule has 2 aromatic rings. The fraction of sp³-hybridized carbons (Fsp3) is 0.542. The highest BCUT2D eigenvalue weighted by Gasteiger charge is 2.26. The van der Waals surface area contributed by atoms with Gasteiger partial charge in [0.15, 0.2) is 0 Å². The lowest BCUT2D eigenvalue weighted by Crippen LogP contribution is -2.44. The molecule has 0 saturated carbocycles. The first-order valence-corrected chi connectivity index (χ1v) is 11.2. The van der Waals surface area contributed by atoms with Crippen LogP contribution in [0.4, 0.5) is 4.79 Å². The summed E-state index contributed by atoms with van der Waals surface area (Å²) >= 11 is 0. The molecule has 9 heteroatoms. The summed E-state index contributed by atoms with van der Waals surface area (Å²) < 4.78 is 15.7. The summed E-state index contributed by atoms with van der Waals surface area (Å²) in [7, 11) is 1.57. The number of piperidine rings is 1. The molecule has 1 aromatic carbocycles. The number of nitrogens with zero attached hydrogens (tertiary/aromatic N) is 1. The predicted octanol–water partition coefficient (Wildman–Crippen LogP) is 2.65. The molecule has 180 valence electrons. The lowest BCUT2D eigenvalue weighted by Gasteiger charge is -2.32. The van der Waals surface area contributed by atoms with Crippen LogP contribution in [-0.4, -0.2) is 55.8 Å². The minimum Gasteiger partial charge on any atom is -0.497 e. The third kappa shape index (κ3) is 7.21. The van der Waals surface area contributed by atoms with Crippen LogP contribution in [0.3, 0.4) is 0 Å². The molecule has 3 rings (SSSR count). The van der Waals surface area contributed by atoms with Crippen LogP contribution in [0.5, 0.6) is 5.75 Å². The van der Waals surface area contributed by atoms with Gasteiger partial charge in [-0.25, -0.2) is 9.59 Å². The molecule has 1 atom stereocenters. The van der Waals surface area contributed by atoms with E-state index in [2.05, 4.69) is 15.5 Å². The van der Waals surface area contributed by atoms with Gasteiger partial charge in [-0.1, -0.05) is 0 Å². The van der Waals surface area contributed by atoms with E-state index < -0.39 is 17.3 Å². The highest BCUT2D eigenvalue weighted by atomic mass is 16.6. The molecule has 0 aliphatic carbocycles. The SMILES string of the molecule is COc1ccc2c(CN3CCCC(C(=O)NCCNC(=O)OC(C)(C)C)C3)cc(=O)oc2c1. The molecule has 9 nitrogen and oxygen atoms in total. The molecule has 1 aliphatic rings. The number of likely N-dealkylation sites (tertiary alicyclic amines) is 1. The Hall–Kier alpha value is -3.07. The minimum absolute atomic E-state index is 0.0344. The first kappa shape index (κ1) is 24.6. The summed E-state index contributed by atoms with van der Waals surface area (Å²) in [6, 6.07) is 6.95. The number of nitrogens with one attached hydrogen (secondary N) is 2. The molecular weight excluding hydrogens is 426 g/mol. The Balaban J connectivity index is 1.54. The molecule has 2 amide bonds. The topological polar surface area (TPSA) is 110 Å². The van der Waals surface area contributed by atoms with Crippen LogP contribution in [0, 0.1) is 5.92 Å². The molecule has 0 radical (unpaired) electrons. The van der Waals surface area contributed by atoms with Crippen LogP contribution in [0.15, 0.2) is 33.5 Å². The summed E-state index contributed by atoms with van der Waals surface area (Å²) in [5.74, 6) is 0.443. The van der Waals surface area contributed by atoms with Gasteiger partial charge in [0.25, 0.3) is 0 Å². The average Bonchev–Trinajstić information content (AvgIpc) is 2.75. The second-order valence-electron chi connectivity index (χ2n) is 9.25. The number of rotatable bonds is 7. The van der Waals surface area contributed by atoms with E-state index in [-0.39, 0.29) is 11.8 Å². The van der Waals surface area contributed by atoms with E-state index in [4.69, 9.17) is 13.9 Å². The second kappa shape index (κ2) is 10.7. The van der Waals surface area contributed by atoms with Crippen molar-refractivity contribution in [3.8, 4) is 5.75 Å². The van der Waals surface area contributed by atoms with Crippen LogP contribution in [0.25, 0.3) is 11.0 Å². The Bertz CT molecular complexity index is 1040.